The van der Waals surface area contributed by atoms with Gasteiger partial charge >= 0.3 is 6.18 Å². The van der Waals surface area contributed by atoms with Gasteiger partial charge in [0.15, 0.2) is 0 Å². The van der Waals surface area contributed by atoms with Gasteiger partial charge in [0, 0.05) is 18.6 Å². The molecular weight excluding hydrogens is 249 g/mol. The van der Waals surface area contributed by atoms with Crippen LogP contribution in [0.2, 0.25) is 0 Å². The second-order valence-electron chi connectivity index (χ2n) is 5.17. The van der Waals surface area contributed by atoms with E-state index in [0.29, 0.717) is 13.1 Å². The molecule has 1 atom stereocenters. The summed E-state index contributed by atoms with van der Waals surface area (Å²) in [6.45, 7) is 1.79. The molecule has 0 aromatic carbocycles. The molecule has 0 spiro atoms. The number of aliphatic hydroxyl groups excluding tert-OH is 1. The van der Waals surface area contributed by atoms with Crippen molar-refractivity contribution in [1.82, 2.24) is 10.2 Å². The molecule has 0 aromatic rings. The van der Waals surface area contributed by atoms with Crippen LogP contribution in [0, 0.1) is 5.41 Å². The number of piperidine rings is 1. The number of aliphatic hydroxyl groups is 1. The predicted molar refractivity (Wildman–Crippen MR) is 59.9 cm³/mol. The van der Waals surface area contributed by atoms with Gasteiger partial charge in [-0.15, -0.1) is 0 Å². The van der Waals surface area contributed by atoms with Gasteiger partial charge in [-0.2, -0.15) is 13.2 Å². The number of carbonyl (C=O) groups is 1. The molecule has 4 nitrogen and oxygen atoms in total. The first-order chi connectivity index (χ1) is 8.24. The van der Waals surface area contributed by atoms with Crippen LogP contribution in [0.25, 0.3) is 0 Å². The van der Waals surface area contributed by atoms with Crippen LogP contribution < -0.4 is 5.32 Å². The molecule has 0 aromatic heterocycles. The van der Waals surface area contributed by atoms with Crippen LogP contribution in [0.5, 0.6) is 0 Å². The number of amides is 1. The van der Waals surface area contributed by atoms with E-state index >= 15 is 0 Å². The first-order valence-corrected chi connectivity index (χ1v) is 5.91. The van der Waals surface area contributed by atoms with E-state index in [2.05, 4.69) is 0 Å². The SMILES string of the molecule is CC1(CO)CCCN(CC(=O)NCC(F)(F)F)C1. The number of hydrogen-bond acceptors (Lipinski definition) is 3. The first kappa shape index (κ1) is 15.2. The molecule has 18 heavy (non-hydrogen) atoms. The molecule has 0 bridgehead atoms. The fourth-order valence-corrected chi connectivity index (χ4v) is 2.15. The number of alkyl halides is 3. The minimum Gasteiger partial charge on any atom is -0.396 e. The lowest BCUT2D eigenvalue weighted by Crippen LogP contribution is -2.48. The van der Waals surface area contributed by atoms with Crippen molar-refractivity contribution in [2.24, 2.45) is 5.41 Å². The van der Waals surface area contributed by atoms with E-state index in [4.69, 9.17) is 0 Å². The fourth-order valence-electron chi connectivity index (χ4n) is 2.15. The molecule has 1 saturated heterocycles. The third-order valence-electron chi connectivity index (χ3n) is 3.09. The molecule has 1 aliphatic heterocycles. The summed E-state index contributed by atoms with van der Waals surface area (Å²) in [6.07, 6.45) is -2.68. The Hall–Kier alpha value is -0.820. The smallest absolute Gasteiger partial charge is 0.396 e. The largest absolute Gasteiger partial charge is 0.405 e. The molecular formula is C11H19F3N2O2. The molecule has 0 saturated carbocycles. The van der Waals surface area contributed by atoms with E-state index in [1.165, 1.54) is 0 Å². The number of nitrogens with zero attached hydrogens (tertiary/aromatic N) is 1. The molecule has 1 heterocycles. The van der Waals surface area contributed by atoms with Crippen molar-refractivity contribution in [3.63, 3.8) is 0 Å². The summed E-state index contributed by atoms with van der Waals surface area (Å²) in [5, 5.41) is 11.1. The Bertz CT molecular complexity index is 297. The van der Waals surface area contributed by atoms with Crippen LogP contribution in [0.1, 0.15) is 19.8 Å². The summed E-state index contributed by atoms with van der Waals surface area (Å²) in [5.74, 6) is -0.630. The topological polar surface area (TPSA) is 52.6 Å². The monoisotopic (exact) mass is 268 g/mol. The lowest BCUT2D eigenvalue weighted by atomic mass is 9.83. The summed E-state index contributed by atoms with van der Waals surface area (Å²) in [4.78, 5) is 13.1. The van der Waals surface area contributed by atoms with Crippen LogP contribution in [-0.2, 0) is 4.79 Å². The Kier molecular flexibility index (Phi) is 4.98. The van der Waals surface area contributed by atoms with E-state index in [9.17, 15) is 23.1 Å². The number of halogens is 3. The maximum absolute atomic E-state index is 11.9. The molecule has 1 fully saturated rings. The van der Waals surface area contributed by atoms with Crippen molar-refractivity contribution >= 4 is 5.91 Å². The minimum atomic E-state index is -4.38. The second-order valence-corrected chi connectivity index (χ2v) is 5.17. The average Bonchev–Trinajstić information content (AvgIpc) is 2.26. The molecule has 0 aliphatic carbocycles. The van der Waals surface area contributed by atoms with Crippen LogP contribution in [-0.4, -0.2) is 54.9 Å². The molecule has 1 rings (SSSR count). The highest BCUT2D eigenvalue weighted by Crippen LogP contribution is 2.28. The number of nitrogens with one attached hydrogen (secondary N) is 1. The van der Waals surface area contributed by atoms with Gasteiger partial charge in [0.1, 0.15) is 6.54 Å². The quantitative estimate of drug-likeness (QED) is 0.791. The number of likely N-dealkylation sites (tertiary alicyclic amines) is 1. The van der Waals surface area contributed by atoms with Crippen LogP contribution in [0.3, 0.4) is 0 Å². The van der Waals surface area contributed by atoms with Crippen molar-refractivity contribution in [3.05, 3.63) is 0 Å². The normalized spacial score (nSPS) is 26.1. The zero-order valence-corrected chi connectivity index (χ0v) is 10.4. The summed E-state index contributed by atoms with van der Waals surface area (Å²) >= 11 is 0. The number of hydrogen-bond donors (Lipinski definition) is 2. The lowest BCUT2D eigenvalue weighted by Gasteiger charge is -2.38. The van der Waals surface area contributed by atoms with Gasteiger partial charge in [0.05, 0.1) is 6.54 Å². The highest BCUT2D eigenvalue weighted by atomic mass is 19.4. The standard InChI is InChI=1S/C11H19F3N2O2/c1-10(8-17)3-2-4-16(7-10)5-9(18)15-6-11(12,13)14/h17H,2-8H2,1H3,(H,15,18). The Morgan fingerprint density at radius 1 is 1.50 bits per heavy atom. The van der Waals surface area contributed by atoms with Crippen molar-refractivity contribution in [3.8, 4) is 0 Å². The van der Waals surface area contributed by atoms with E-state index in [1.54, 1.807) is 4.90 Å². The molecule has 2 N–H and O–H groups in total. The molecule has 0 radical (unpaired) electrons. The Morgan fingerprint density at radius 2 is 2.17 bits per heavy atom. The fraction of sp³-hybridized carbons (Fsp3) is 0.909. The Morgan fingerprint density at radius 3 is 2.72 bits per heavy atom. The molecule has 7 heteroatoms. The van der Waals surface area contributed by atoms with Crippen molar-refractivity contribution in [1.29, 1.82) is 0 Å². The maximum Gasteiger partial charge on any atom is 0.405 e. The van der Waals surface area contributed by atoms with Gasteiger partial charge < -0.3 is 10.4 Å². The molecule has 1 amide bonds. The van der Waals surface area contributed by atoms with E-state index in [1.807, 2.05) is 12.2 Å². The van der Waals surface area contributed by atoms with Gasteiger partial charge in [-0.05, 0) is 19.4 Å². The third-order valence-corrected chi connectivity index (χ3v) is 3.09. The van der Waals surface area contributed by atoms with Crippen molar-refractivity contribution < 1.29 is 23.1 Å². The summed E-state index contributed by atoms with van der Waals surface area (Å²) < 4.78 is 35.7. The second kappa shape index (κ2) is 5.88. The maximum atomic E-state index is 11.9. The molecule has 1 unspecified atom stereocenters. The van der Waals surface area contributed by atoms with Gasteiger partial charge in [0.25, 0.3) is 0 Å². The average molecular weight is 268 g/mol. The van der Waals surface area contributed by atoms with Crippen LogP contribution in [0.4, 0.5) is 13.2 Å². The zero-order chi connectivity index (χ0) is 13.8. The lowest BCUT2D eigenvalue weighted by molar-refractivity contribution is -0.139. The Balaban J connectivity index is 2.36. The van der Waals surface area contributed by atoms with Gasteiger partial charge in [-0.3, -0.25) is 9.69 Å². The van der Waals surface area contributed by atoms with Crippen LogP contribution in [0.15, 0.2) is 0 Å². The Labute approximate surface area is 104 Å². The number of rotatable bonds is 4. The predicted octanol–water partition coefficient (Wildman–Crippen LogP) is 0.759. The van der Waals surface area contributed by atoms with Crippen LogP contribution >= 0.6 is 0 Å². The number of carbonyl (C=O) groups excluding carboxylic acids is 1. The van der Waals surface area contributed by atoms with Gasteiger partial charge in [-0.25, -0.2) is 0 Å². The van der Waals surface area contributed by atoms with Gasteiger partial charge in [-0.1, -0.05) is 6.92 Å². The summed E-state index contributed by atoms with van der Waals surface area (Å²) in [5.41, 5.74) is -0.261. The van der Waals surface area contributed by atoms with Crippen molar-refractivity contribution in [2.75, 3.05) is 32.8 Å². The van der Waals surface area contributed by atoms with Crippen molar-refractivity contribution in [2.45, 2.75) is 25.9 Å². The zero-order valence-electron chi connectivity index (χ0n) is 10.4. The summed E-state index contributed by atoms with van der Waals surface area (Å²) in [7, 11) is 0. The van der Waals surface area contributed by atoms with E-state index < -0.39 is 18.6 Å². The first-order valence-electron chi connectivity index (χ1n) is 5.91. The van der Waals surface area contributed by atoms with E-state index in [0.717, 1.165) is 12.8 Å². The molecule has 106 valence electrons. The highest BCUT2D eigenvalue weighted by Gasteiger charge is 2.32. The minimum absolute atomic E-state index is 0.0215. The summed E-state index contributed by atoms with van der Waals surface area (Å²) in [6, 6.07) is 0. The molecule has 1 aliphatic rings. The van der Waals surface area contributed by atoms with Gasteiger partial charge in [0.2, 0.25) is 5.91 Å². The highest BCUT2D eigenvalue weighted by molar-refractivity contribution is 5.78. The third kappa shape index (κ3) is 5.22. The van der Waals surface area contributed by atoms with E-state index in [-0.39, 0.29) is 18.6 Å².